The van der Waals surface area contributed by atoms with Crippen LogP contribution in [-0.2, 0) is 13.0 Å². The first-order valence-electron chi connectivity index (χ1n) is 7.87. The van der Waals surface area contributed by atoms with Crippen molar-refractivity contribution in [3.63, 3.8) is 0 Å². The molecule has 5 heteroatoms. The first-order valence-corrected chi connectivity index (χ1v) is 7.87. The molecule has 2 aromatic rings. The van der Waals surface area contributed by atoms with E-state index in [4.69, 9.17) is 0 Å². The first-order chi connectivity index (χ1) is 11.2. The van der Waals surface area contributed by atoms with Crippen LogP contribution in [0.5, 0.6) is 0 Å². The van der Waals surface area contributed by atoms with Crippen molar-refractivity contribution in [3.8, 4) is 0 Å². The molecule has 1 aliphatic heterocycles. The van der Waals surface area contributed by atoms with Crippen LogP contribution in [0, 0.1) is 0 Å². The second kappa shape index (κ2) is 6.69. The summed E-state index contributed by atoms with van der Waals surface area (Å²) < 4.78 is 0. The van der Waals surface area contributed by atoms with Crippen molar-refractivity contribution in [2.24, 2.45) is 4.99 Å². The average Bonchev–Trinajstić information content (AvgIpc) is 3.00. The van der Waals surface area contributed by atoms with Gasteiger partial charge in [0, 0.05) is 46.1 Å². The van der Waals surface area contributed by atoms with Gasteiger partial charge in [0.05, 0.1) is 0 Å². The molecular formula is C18H23N5. The zero-order valence-electron chi connectivity index (χ0n) is 14.0. The number of pyridine rings is 1. The fraction of sp³-hybridized carbons (Fsp3) is 0.333. The van der Waals surface area contributed by atoms with Gasteiger partial charge in [-0.3, -0.25) is 4.99 Å². The van der Waals surface area contributed by atoms with Gasteiger partial charge in [-0.1, -0.05) is 24.3 Å². The Labute approximate surface area is 137 Å². The van der Waals surface area contributed by atoms with Gasteiger partial charge < -0.3 is 15.1 Å². The van der Waals surface area contributed by atoms with E-state index in [1.54, 1.807) is 0 Å². The van der Waals surface area contributed by atoms with Crippen LogP contribution in [0.15, 0.2) is 47.6 Å². The third-order valence-electron chi connectivity index (χ3n) is 4.07. The largest absolute Gasteiger partial charge is 0.363 e. The van der Waals surface area contributed by atoms with Crippen LogP contribution in [0.25, 0.3) is 0 Å². The molecule has 0 fully saturated rings. The lowest BCUT2D eigenvalue weighted by atomic mass is 10.2. The Kier molecular flexibility index (Phi) is 4.46. The molecule has 1 N–H and O–H groups in total. The summed E-state index contributed by atoms with van der Waals surface area (Å²) in [4.78, 5) is 13.1. The number of fused-ring (bicyclic) bond motifs is 1. The van der Waals surface area contributed by atoms with E-state index >= 15 is 0 Å². The Bertz CT molecular complexity index is 691. The number of hydrogen-bond donors (Lipinski definition) is 1. The molecule has 0 atom stereocenters. The maximum Gasteiger partial charge on any atom is 0.198 e. The molecule has 0 amide bonds. The summed E-state index contributed by atoms with van der Waals surface area (Å²) in [6.07, 6.45) is 2.98. The molecule has 0 spiro atoms. The maximum atomic E-state index is 4.45. The topological polar surface area (TPSA) is 43.8 Å². The van der Waals surface area contributed by atoms with Crippen LogP contribution < -0.4 is 15.1 Å². The smallest absolute Gasteiger partial charge is 0.198 e. The highest BCUT2D eigenvalue weighted by Gasteiger charge is 2.22. The van der Waals surface area contributed by atoms with Gasteiger partial charge in [0.2, 0.25) is 0 Å². The molecular weight excluding hydrogens is 286 g/mol. The zero-order valence-corrected chi connectivity index (χ0v) is 14.0. The van der Waals surface area contributed by atoms with Crippen molar-refractivity contribution in [1.82, 2.24) is 10.3 Å². The molecule has 0 saturated heterocycles. The molecule has 5 nitrogen and oxygen atoms in total. The van der Waals surface area contributed by atoms with Crippen molar-refractivity contribution >= 4 is 17.5 Å². The van der Waals surface area contributed by atoms with Crippen molar-refractivity contribution in [2.75, 3.05) is 37.5 Å². The van der Waals surface area contributed by atoms with E-state index < -0.39 is 0 Å². The van der Waals surface area contributed by atoms with Crippen molar-refractivity contribution in [2.45, 2.75) is 13.0 Å². The Morgan fingerprint density at radius 3 is 2.78 bits per heavy atom. The van der Waals surface area contributed by atoms with Crippen molar-refractivity contribution in [1.29, 1.82) is 0 Å². The summed E-state index contributed by atoms with van der Waals surface area (Å²) in [6.45, 7) is 1.68. The minimum Gasteiger partial charge on any atom is -0.363 e. The second-order valence-electron chi connectivity index (χ2n) is 5.85. The Morgan fingerprint density at radius 1 is 1.26 bits per heavy atom. The molecule has 0 radical (unpaired) electrons. The van der Waals surface area contributed by atoms with Gasteiger partial charge in [-0.25, -0.2) is 4.98 Å². The quantitative estimate of drug-likeness (QED) is 0.698. The third-order valence-corrected chi connectivity index (χ3v) is 4.07. The van der Waals surface area contributed by atoms with E-state index in [0.29, 0.717) is 6.54 Å². The summed E-state index contributed by atoms with van der Waals surface area (Å²) >= 11 is 0. The number of hydrogen-bond acceptors (Lipinski definition) is 3. The van der Waals surface area contributed by atoms with Crippen LogP contribution in [0.2, 0.25) is 0 Å². The minimum absolute atomic E-state index is 0.714. The fourth-order valence-corrected chi connectivity index (χ4v) is 2.82. The number of nitrogens with zero attached hydrogens (tertiary/aromatic N) is 4. The Balaban J connectivity index is 1.67. The number of aromatic nitrogens is 1. The molecule has 1 aromatic heterocycles. The van der Waals surface area contributed by atoms with E-state index in [-0.39, 0.29) is 0 Å². The van der Waals surface area contributed by atoms with E-state index in [1.165, 1.54) is 11.3 Å². The number of anilines is 2. The summed E-state index contributed by atoms with van der Waals surface area (Å²) in [5.41, 5.74) is 3.78. The standard InChI is InChI=1S/C18H23N5/c1-19-18(23-11-10-15-6-4-5-7-16(15)23)21-13-14-8-9-17(20-12-14)22(2)3/h4-9,12H,10-11,13H2,1-3H3,(H,19,21). The van der Waals surface area contributed by atoms with Gasteiger partial charge in [-0.2, -0.15) is 0 Å². The minimum atomic E-state index is 0.714. The predicted molar refractivity (Wildman–Crippen MR) is 96.3 cm³/mol. The Morgan fingerprint density at radius 2 is 2.09 bits per heavy atom. The number of guanidine groups is 1. The monoisotopic (exact) mass is 309 g/mol. The number of para-hydroxylation sites is 1. The van der Waals surface area contributed by atoms with Crippen molar-refractivity contribution < 1.29 is 0 Å². The molecule has 2 heterocycles. The highest BCUT2D eigenvalue weighted by atomic mass is 15.3. The summed E-state index contributed by atoms with van der Waals surface area (Å²) in [5, 5.41) is 3.44. The molecule has 23 heavy (non-hydrogen) atoms. The normalized spacial score (nSPS) is 13.9. The highest BCUT2D eigenvalue weighted by molar-refractivity contribution is 5.97. The van der Waals surface area contributed by atoms with E-state index in [2.05, 4.69) is 50.5 Å². The number of aliphatic imine (C=N–C) groups is 1. The number of nitrogens with one attached hydrogen (secondary N) is 1. The van der Waals surface area contributed by atoms with Gasteiger partial charge in [0.25, 0.3) is 0 Å². The predicted octanol–water partition coefficient (Wildman–Crippen LogP) is 2.29. The lowest BCUT2D eigenvalue weighted by Crippen LogP contribution is -2.40. The summed E-state index contributed by atoms with van der Waals surface area (Å²) in [5.74, 6) is 1.87. The van der Waals surface area contributed by atoms with Crippen molar-refractivity contribution in [3.05, 3.63) is 53.7 Å². The lowest BCUT2D eigenvalue weighted by Gasteiger charge is -2.22. The van der Waals surface area contributed by atoms with Gasteiger partial charge in [-0.05, 0) is 29.7 Å². The third kappa shape index (κ3) is 3.28. The van der Waals surface area contributed by atoms with E-state index in [9.17, 15) is 0 Å². The first kappa shape index (κ1) is 15.3. The maximum absolute atomic E-state index is 4.45. The molecule has 0 unspecified atom stereocenters. The second-order valence-corrected chi connectivity index (χ2v) is 5.85. The van der Waals surface area contributed by atoms with Crippen LogP contribution in [0.1, 0.15) is 11.1 Å². The lowest BCUT2D eigenvalue weighted by molar-refractivity contribution is 0.861. The summed E-state index contributed by atoms with van der Waals surface area (Å²) in [6, 6.07) is 12.6. The SMILES string of the molecule is CN=C(NCc1ccc(N(C)C)nc1)N1CCc2ccccc21. The van der Waals surface area contributed by atoms with Gasteiger partial charge in [0.1, 0.15) is 5.82 Å². The van der Waals surface area contributed by atoms with Crippen LogP contribution in [0.4, 0.5) is 11.5 Å². The molecule has 1 aromatic carbocycles. The van der Waals surface area contributed by atoms with Crippen LogP contribution in [-0.4, -0.2) is 38.6 Å². The zero-order chi connectivity index (χ0) is 16.2. The van der Waals surface area contributed by atoms with E-state index in [1.807, 2.05) is 38.3 Å². The highest BCUT2D eigenvalue weighted by Crippen LogP contribution is 2.27. The Hall–Kier alpha value is -2.56. The molecule has 0 aliphatic carbocycles. The van der Waals surface area contributed by atoms with Gasteiger partial charge in [-0.15, -0.1) is 0 Å². The molecule has 120 valence electrons. The van der Waals surface area contributed by atoms with Crippen LogP contribution in [0.3, 0.4) is 0 Å². The van der Waals surface area contributed by atoms with Crippen LogP contribution >= 0.6 is 0 Å². The van der Waals surface area contributed by atoms with E-state index in [0.717, 1.165) is 30.3 Å². The molecule has 0 bridgehead atoms. The number of rotatable bonds is 3. The molecule has 3 rings (SSSR count). The molecule has 0 saturated carbocycles. The fourth-order valence-electron chi connectivity index (χ4n) is 2.82. The average molecular weight is 309 g/mol. The van der Waals surface area contributed by atoms with Gasteiger partial charge >= 0.3 is 0 Å². The van der Waals surface area contributed by atoms with Gasteiger partial charge in [0.15, 0.2) is 5.96 Å². The molecule has 1 aliphatic rings. The number of benzene rings is 1. The summed E-state index contributed by atoms with van der Waals surface area (Å²) in [7, 11) is 5.82.